The fraction of sp³-hybridized carbons (Fsp3) is 0.250. The number of hydrogen-bond acceptors (Lipinski definition) is 9. The fourth-order valence-corrected chi connectivity index (χ4v) is 4.00. The van der Waals surface area contributed by atoms with Gasteiger partial charge in [-0.25, -0.2) is 9.78 Å². The summed E-state index contributed by atoms with van der Waals surface area (Å²) in [5.74, 6) is -1.35. The number of esters is 2. The Morgan fingerprint density at radius 1 is 1.23 bits per heavy atom. The summed E-state index contributed by atoms with van der Waals surface area (Å²) in [4.78, 5) is 52.8. The zero-order chi connectivity index (χ0) is 22.2. The van der Waals surface area contributed by atoms with E-state index in [4.69, 9.17) is 9.47 Å². The highest BCUT2D eigenvalue weighted by molar-refractivity contribution is 7.99. The van der Waals surface area contributed by atoms with Gasteiger partial charge in [0.1, 0.15) is 0 Å². The summed E-state index contributed by atoms with van der Waals surface area (Å²) in [6, 6.07) is 7.82. The van der Waals surface area contributed by atoms with Crippen molar-refractivity contribution >= 4 is 51.6 Å². The minimum atomic E-state index is -0.576. The number of rotatable bonds is 9. The van der Waals surface area contributed by atoms with Crippen molar-refractivity contribution in [2.75, 3.05) is 24.3 Å². The predicted octanol–water partition coefficient (Wildman–Crippen LogP) is 2.35. The first kappa shape index (κ1) is 22.5. The molecule has 2 heterocycles. The molecule has 162 valence electrons. The van der Waals surface area contributed by atoms with Crippen LogP contribution >= 0.6 is 23.1 Å². The van der Waals surface area contributed by atoms with Crippen LogP contribution in [-0.2, 0) is 24.8 Å². The molecular formula is C20H19N3O6S2. The fourth-order valence-electron chi connectivity index (χ4n) is 2.55. The SMILES string of the molecule is CCOC(=O)c1ccccc1NC(=O)COC(=O)CSCc1cc(=O)n2ccsc2n1. The lowest BCUT2D eigenvalue weighted by atomic mass is 10.2. The normalized spacial score (nSPS) is 10.6. The largest absolute Gasteiger partial charge is 0.462 e. The topological polar surface area (TPSA) is 116 Å². The van der Waals surface area contributed by atoms with E-state index in [-0.39, 0.29) is 29.2 Å². The molecule has 1 N–H and O–H groups in total. The average molecular weight is 462 g/mol. The Hall–Kier alpha value is -3.18. The number of anilines is 1. The average Bonchev–Trinajstić information content (AvgIpc) is 3.22. The number of carbonyl (C=O) groups is 3. The summed E-state index contributed by atoms with van der Waals surface area (Å²) in [7, 11) is 0. The number of hydrogen-bond donors (Lipinski definition) is 1. The van der Waals surface area contributed by atoms with Crippen LogP contribution in [0.25, 0.3) is 4.96 Å². The van der Waals surface area contributed by atoms with Crippen molar-refractivity contribution in [3.63, 3.8) is 0 Å². The Labute approximate surface area is 185 Å². The Kier molecular flexibility index (Phi) is 7.79. The van der Waals surface area contributed by atoms with Crippen LogP contribution in [0, 0.1) is 0 Å². The van der Waals surface area contributed by atoms with Gasteiger partial charge in [0.2, 0.25) is 0 Å². The van der Waals surface area contributed by atoms with Crippen LogP contribution in [0.4, 0.5) is 5.69 Å². The van der Waals surface area contributed by atoms with Gasteiger partial charge in [-0.15, -0.1) is 23.1 Å². The number of benzene rings is 1. The highest BCUT2D eigenvalue weighted by Crippen LogP contribution is 2.16. The Balaban J connectivity index is 1.45. The van der Waals surface area contributed by atoms with E-state index < -0.39 is 24.5 Å². The molecule has 0 saturated carbocycles. The van der Waals surface area contributed by atoms with Crippen molar-refractivity contribution < 1.29 is 23.9 Å². The van der Waals surface area contributed by atoms with Gasteiger partial charge in [-0.3, -0.25) is 18.8 Å². The van der Waals surface area contributed by atoms with Gasteiger partial charge in [0.15, 0.2) is 11.6 Å². The van der Waals surface area contributed by atoms with E-state index in [1.807, 2.05) is 0 Å². The summed E-state index contributed by atoms with van der Waals surface area (Å²) in [5.41, 5.74) is 0.881. The second-order valence-corrected chi connectivity index (χ2v) is 7.97. The molecule has 0 aliphatic carbocycles. The van der Waals surface area contributed by atoms with Crippen LogP contribution in [0.2, 0.25) is 0 Å². The summed E-state index contributed by atoms with van der Waals surface area (Å²) < 4.78 is 11.4. The van der Waals surface area contributed by atoms with Crippen molar-refractivity contribution in [2.24, 2.45) is 0 Å². The lowest BCUT2D eigenvalue weighted by molar-refractivity contribution is -0.144. The van der Waals surface area contributed by atoms with E-state index in [1.165, 1.54) is 39.6 Å². The minimum absolute atomic E-state index is 0.00180. The molecule has 1 amide bonds. The van der Waals surface area contributed by atoms with Crippen molar-refractivity contribution in [2.45, 2.75) is 12.7 Å². The molecule has 0 atom stereocenters. The molecule has 3 aromatic rings. The number of fused-ring (bicyclic) bond motifs is 1. The summed E-state index contributed by atoms with van der Waals surface area (Å²) in [5, 5.41) is 4.31. The number of nitrogens with zero attached hydrogens (tertiary/aromatic N) is 2. The maximum atomic E-state index is 12.1. The van der Waals surface area contributed by atoms with Gasteiger partial charge in [0.05, 0.1) is 29.3 Å². The van der Waals surface area contributed by atoms with Crippen LogP contribution < -0.4 is 10.9 Å². The van der Waals surface area contributed by atoms with Crippen LogP contribution in [0.5, 0.6) is 0 Å². The van der Waals surface area contributed by atoms with E-state index in [0.29, 0.717) is 16.4 Å². The molecule has 3 rings (SSSR count). The van der Waals surface area contributed by atoms with Gasteiger partial charge in [0, 0.05) is 23.4 Å². The van der Waals surface area contributed by atoms with Gasteiger partial charge in [-0.05, 0) is 19.1 Å². The second-order valence-electron chi connectivity index (χ2n) is 6.11. The quantitative estimate of drug-likeness (QED) is 0.483. The number of nitrogens with one attached hydrogen (secondary N) is 1. The highest BCUT2D eigenvalue weighted by atomic mass is 32.2. The minimum Gasteiger partial charge on any atom is -0.462 e. The molecule has 1 aromatic carbocycles. The first-order valence-electron chi connectivity index (χ1n) is 9.23. The zero-order valence-corrected chi connectivity index (χ0v) is 18.2. The Morgan fingerprint density at radius 3 is 2.84 bits per heavy atom. The molecule has 11 heteroatoms. The van der Waals surface area contributed by atoms with Crippen molar-refractivity contribution in [3.8, 4) is 0 Å². The maximum absolute atomic E-state index is 12.1. The van der Waals surface area contributed by atoms with Gasteiger partial charge in [-0.1, -0.05) is 12.1 Å². The molecule has 0 unspecified atom stereocenters. The highest BCUT2D eigenvalue weighted by Gasteiger charge is 2.15. The number of amides is 1. The van der Waals surface area contributed by atoms with E-state index in [9.17, 15) is 19.2 Å². The molecule has 2 aromatic heterocycles. The van der Waals surface area contributed by atoms with E-state index in [0.717, 1.165) is 0 Å². The Bertz CT molecular complexity index is 1160. The number of aromatic nitrogens is 2. The standard InChI is InChI=1S/C20H19N3O6S2/c1-2-28-19(27)14-5-3-4-6-15(14)22-16(24)10-29-18(26)12-30-11-13-9-17(25)23-7-8-31-20(23)21-13/h3-9H,2,10-12H2,1H3,(H,22,24). The number of thiazole rings is 1. The molecule has 31 heavy (non-hydrogen) atoms. The van der Waals surface area contributed by atoms with Crippen LogP contribution in [0.3, 0.4) is 0 Å². The van der Waals surface area contributed by atoms with Crippen molar-refractivity contribution in [1.29, 1.82) is 0 Å². The monoisotopic (exact) mass is 461 g/mol. The molecule has 0 radical (unpaired) electrons. The summed E-state index contributed by atoms with van der Waals surface area (Å²) >= 11 is 2.58. The maximum Gasteiger partial charge on any atom is 0.340 e. The number of ether oxygens (including phenoxy) is 2. The second kappa shape index (κ2) is 10.7. The molecule has 9 nitrogen and oxygen atoms in total. The van der Waals surface area contributed by atoms with Crippen molar-refractivity contribution in [1.82, 2.24) is 9.38 Å². The molecule has 0 saturated heterocycles. The van der Waals surface area contributed by atoms with E-state index in [2.05, 4.69) is 10.3 Å². The smallest absolute Gasteiger partial charge is 0.340 e. The third-order valence-electron chi connectivity index (χ3n) is 3.89. The lowest BCUT2D eigenvalue weighted by Gasteiger charge is -2.10. The predicted molar refractivity (Wildman–Crippen MR) is 117 cm³/mol. The van der Waals surface area contributed by atoms with Crippen LogP contribution in [0.15, 0.2) is 46.7 Å². The molecule has 0 bridgehead atoms. The molecule has 0 aliphatic rings. The third kappa shape index (κ3) is 6.15. The van der Waals surface area contributed by atoms with Crippen LogP contribution in [-0.4, -0.2) is 46.2 Å². The van der Waals surface area contributed by atoms with Gasteiger partial charge in [0.25, 0.3) is 11.5 Å². The van der Waals surface area contributed by atoms with Gasteiger partial charge in [-0.2, -0.15) is 0 Å². The first-order valence-corrected chi connectivity index (χ1v) is 11.3. The molecule has 0 fully saturated rings. The van der Waals surface area contributed by atoms with Crippen LogP contribution in [0.1, 0.15) is 23.0 Å². The summed E-state index contributed by atoms with van der Waals surface area (Å²) in [6.07, 6.45) is 1.65. The number of para-hydroxylation sites is 1. The zero-order valence-electron chi connectivity index (χ0n) is 16.5. The van der Waals surface area contributed by atoms with Gasteiger partial charge < -0.3 is 14.8 Å². The first-order chi connectivity index (χ1) is 15.0. The number of carbonyl (C=O) groups excluding carboxylic acids is 3. The van der Waals surface area contributed by atoms with E-state index >= 15 is 0 Å². The lowest BCUT2D eigenvalue weighted by Crippen LogP contribution is -2.23. The van der Waals surface area contributed by atoms with Crippen molar-refractivity contribution in [3.05, 3.63) is 63.5 Å². The van der Waals surface area contributed by atoms with E-state index in [1.54, 1.807) is 36.7 Å². The number of thioether (sulfide) groups is 1. The third-order valence-corrected chi connectivity index (χ3v) is 5.58. The summed E-state index contributed by atoms with van der Waals surface area (Å²) in [6.45, 7) is 1.41. The molecular weight excluding hydrogens is 442 g/mol. The Morgan fingerprint density at radius 2 is 2.03 bits per heavy atom. The molecule has 0 spiro atoms. The van der Waals surface area contributed by atoms with Gasteiger partial charge >= 0.3 is 11.9 Å². The molecule has 0 aliphatic heterocycles.